The standard InChI is InChI=1S/C20H22ClN5O4S/c1-13-14(2)24-26(20(28)16(13)11-22)12-19(27)23-15-6-7-17(21)18(10-15)31(29,30)25-8-4-3-5-9-25/h6-7,10H,3-5,8-9,12H2,1-2H3,(H,23,27). The van der Waals surface area contributed by atoms with Crippen LogP contribution in [0.5, 0.6) is 0 Å². The number of aromatic nitrogens is 2. The Bertz CT molecular complexity index is 1230. The Kier molecular flexibility index (Phi) is 6.79. The largest absolute Gasteiger partial charge is 0.324 e. The first-order valence-corrected chi connectivity index (χ1v) is 11.5. The molecule has 3 rings (SSSR count). The summed E-state index contributed by atoms with van der Waals surface area (Å²) in [5.74, 6) is -0.592. The maximum absolute atomic E-state index is 13.0. The van der Waals surface area contributed by atoms with Crippen molar-refractivity contribution in [1.82, 2.24) is 14.1 Å². The van der Waals surface area contributed by atoms with Crippen molar-refractivity contribution >= 4 is 33.2 Å². The highest BCUT2D eigenvalue weighted by atomic mass is 35.5. The van der Waals surface area contributed by atoms with Crippen LogP contribution in [-0.4, -0.2) is 41.5 Å². The lowest BCUT2D eigenvalue weighted by atomic mass is 10.1. The van der Waals surface area contributed by atoms with Crippen LogP contribution < -0.4 is 10.9 Å². The Morgan fingerprint density at radius 2 is 1.94 bits per heavy atom. The highest BCUT2D eigenvalue weighted by Gasteiger charge is 2.28. The van der Waals surface area contributed by atoms with Gasteiger partial charge in [0.25, 0.3) is 5.56 Å². The minimum Gasteiger partial charge on any atom is -0.324 e. The van der Waals surface area contributed by atoms with Crippen LogP contribution in [0.25, 0.3) is 0 Å². The molecule has 9 nitrogen and oxygen atoms in total. The molecule has 0 bridgehead atoms. The third kappa shape index (κ3) is 4.79. The summed E-state index contributed by atoms with van der Waals surface area (Å²) in [4.78, 5) is 24.8. The first kappa shape index (κ1) is 22.9. The zero-order valence-electron chi connectivity index (χ0n) is 17.2. The molecule has 31 heavy (non-hydrogen) atoms. The Labute approximate surface area is 185 Å². The van der Waals surface area contributed by atoms with Gasteiger partial charge < -0.3 is 5.32 Å². The van der Waals surface area contributed by atoms with Gasteiger partial charge in [0, 0.05) is 18.8 Å². The number of carbonyl (C=O) groups excluding carboxylic acids is 1. The zero-order chi connectivity index (χ0) is 22.8. The second-order valence-electron chi connectivity index (χ2n) is 7.32. The van der Waals surface area contributed by atoms with Crippen LogP contribution in [0.15, 0.2) is 27.9 Å². The third-order valence-corrected chi connectivity index (χ3v) is 7.57. The Morgan fingerprint density at radius 3 is 2.58 bits per heavy atom. The number of halogens is 1. The molecule has 11 heteroatoms. The van der Waals surface area contributed by atoms with Gasteiger partial charge in [-0.05, 0) is 50.5 Å². The number of sulfonamides is 1. The maximum atomic E-state index is 13.0. The van der Waals surface area contributed by atoms with Crippen molar-refractivity contribution in [3.05, 3.63) is 50.4 Å². The molecule has 2 heterocycles. The lowest BCUT2D eigenvalue weighted by molar-refractivity contribution is -0.117. The summed E-state index contributed by atoms with van der Waals surface area (Å²) in [6.07, 6.45) is 2.56. The van der Waals surface area contributed by atoms with Crippen LogP contribution in [-0.2, 0) is 21.4 Å². The molecular formula is C20H22ClN5O4S. The summed E-state index contributed by atoms with van der Waals surface area (Å²) in [5, 5.41) is 15.9. The number of anilines is 1. The minimum atomic E-state index is -3.79. The van der Waals surface area contributed by atoms with Gasteiger partial charge in [-0.3, -0.25) is 9.59 Å². The third-order valence-electron chi connectivity index (χ3n) is 5.19. The molecule has 1 amide bonds. The van der Waals surface area contributed by atoms with E-state index in [1.165, 1.54) is 22.5 Å². The molecular weight excluding hydrogens is 442 g/mol. The van der Waals surface area contributed by atoms with E-state index >= 15 is 0 Å². The van der Waals surface area contributed by atoms with E-state index in [2.05, 4.69) is 10.4 Å². The number of carbonyl (C=O) groups is 1. The van der Waals surface area contributed by atoms with E-state index in [1.807, 2.05) is 6.07 Å². The fraction of sp³-hybridized carbons (Fsp3) is 0.400. The molecule has 1 aliphatic rings. The second-order valence-corrected chi connectivity index (χ2v) is 9.63. The summed E-state index contributed by atoms with van der Waals surface area (Å²) < 4.78 is 28.2. The molecule has 0 radical (unpaired) electrons. The molecule has 1 aliphatic heterocycles. The number of rotatable bonds is 5. The summed E-state index contributed by atoms with van der Waals surface area (Å²) in [5.41, 5.74) is 0.425. The summed E-state index contributed by atoms with van der Waals surface area (Å²) >= 11 is 6.15. The molecule has 1 N–H and O–H groups in total. The first-order valence-electron chi connectivity index (χ1n) is 9.73. The molecule has 1 saturated heterocycles. The summed E-state index contributed by atoms with van der Waals surface area (Å²) in [7, 11) is -3.79. The van der Waals surface area contributed by atoms with Gasteiger partial charge in [0.1, 0.15) is 23.1 Å². The van der Waals surface area contributed by atoms with Crippen molar-refractivity contribution in [2.24, 2.45) is 0 Å². The van der Waals surface area contributed by atoms with E-state index in [-0.39, 0.29) is 21.2 Å². The van der Waals surface area contributed by atoms with Crippen LogP contribution in [0, 0.1) is 25.2 Å². The monoisotopic (exact) mass is 463 g/mol. The number of benzene rings is 1. The molecule has 1 fully saturated rings. The normalized spacial score (nSPS) is 14.8. The number of hydrogen-bond donors (Lipinski definition) is 1. The van der Waals surface area contributed by atoms with E-state index < -0.39 is 28.0 Å². The van der Waals surface area contributed by atoms with Gasteiger partial charge >= 0.3 is 0 Å². The predicted molar refractivity (Wildman–Crippen MR) is 115 cm³/mol. The molecule has 164 valence electrons. The van der Waals surface area contributed by atoms with Crippen LogP contribution in [0.2, 0.25) is 5.02 Å². The van der Waals surface area contributed by atoms with Gasteiger partial charge in [-0.15, -0.1) is 0 Å². The quantitative estimate of drug-likeness (QED) is 0.724. The Morgan fingerprint density at radius 1 is 1.26 bits per heavy atom. The number of nitriles is 1. The topological polar surface area (TPSA) is 125 Å². The minimum absolute atomic E-state index is 0.0641. The average molecular weight is 464 g/mol. The van der Waals surface area contributed by atoms with E-state index in [9.17, 15) is 23.3 Å². The van der Waals surface area contributed by atoms with Gasteiger partial charge in [0.15, 0.2) is 0 Å². The van der Waals surface area contributed by atoms with Crippen molar-refractivity contribution in [2.75, 3.05) is 18.4 Å². The fourth-order valence-corrected chi connectivity index (χ4v) is 5.39. The Hall–Kier alpha value is -2.74. The van der Waals surface area contributed by atoms with Crippen LogP contribution in [0.4, 0.5) is 5.69 Å². The molecule has 0 aliphatic carbocycles. The van der Waals surface area contributed by atoms with Gasteiger partial charge in [0.2, 0.25) is 15.9 Å². The van der Waals surface area contributed by atoms with Gasteiger partial charge in [0.05, 0.1) is 10.7 Å². The number of aryl methyl sites for hydroxylation is 1. The zero-order valence-corrected chi connectivity index (χ0v) is 18.8. The second kappa shape index (κ2) is 9.18. The number of amides is 1. The number of hydrogen-bond acceptors (Lipinski definition) is 6. The summed E-state index contributed by atoms with van der Waals surface area (Å²) in [6, 6.07) is 6.03. The van der Waals surface area contributed by atoms with Crippen molar-refractivity contribution in [3.8, 4) is 6.07 Å². The lowest BCUT2D eigenvalue weighted by Gasteiger charge is -2.26. The average Bonchev–Trinajstić information content (AvgIpc) is 2.74. The highest BCUT2D eigenvalue weighted by molar-refractivity contribution is 7.89. The van der Waals surface area contributed by atoms with Crippen LogP contribution >= 0.6 is 11.6 Å². The fourth-order valence-electron chi connectivity index (χ4n) is 3.37. The first-order chi connectivity index (χ1) is 14.6. The number of piperidine rings is 1. The molecule has 0 atom stereocenters. The molecule has 0 saturated carbocycles. The van der Waals surface area contributed by atoms with Gasteiger partial charge in [-0.25, -0.2) is 13.1 Å². The summed E-state index contributed by atoms with van der Waals surface area (Å²) in [6.45, 7) is 3.69. The maximum Gasteiger partial charge on any atom is 0.285 e. The lowest BCUT2D eigenvalue weighted by Crippen LogP contribution is -2.35. The van der Waals surface area contributed by atoms with Gasteiger partial charge in [-0.1, -0.05) is 18.0 Å². The van der Waals surface area contributed by atoms with Crippen molar-refractivity contribution in [2.45, 2.75) is 44.6 Å². The molecule has 1 aromatic heterocycles. The predicted octanol–water partition coefficient (Wildman–Crippen LogP) is 2.20. The smallest absolute Gasteiger partial charge is 0.285 e. The number of nitrogens with zero attached hydrogens (tertiary/aromatic N) is 4. The molecule has 1 aromatic carbocycles. The Balaban J connectivity index is 1.84. The number of nitrogens with one attached hydrogen (secondary N) is 1. The van der Waals surface area contributed by atoms with E-state index in [0.29, 0.717) is 24.3 Å². The van der Waals surface area contributed by atoms with E-state index in [0.717, 1.165) is 23.9 Å². The van der Waals surface area contributed by atoms with E-state index in [1.54, 1.807) is 13.8 Å². The molecule has 0 spiro atoms. The molecule has 2 aromatic rings. The van der Waals surface area contributed by atoms with Crippen molar-refractivity contribution in [3.63, 3.8) is 0 Å². The van der Waals surface area contributed by atoms with E-state index in [4.69, 9.17) is 11.6 Å². The molecule has 0 unspecified atom stereocenters. The highest BCUT2D eigenvalue weighted by Crippen LogP contribution is 2.29. The van der Waals surface area contributed by atoms with Gasteiger partial charge in [-0.2, -0.15) is 14.7 Å². The van der Waals surface area contributed by atoms with Crippen LogP contribution in [0.1, 0.15) is 36.1 Å². The SMILES string of the molecule is Cc1nn(CC(=O)Nc2ccc(Cl)c(S(=O)(=O)N3CCCCC3)c2)c(=O)c(C#N)c1C. The van der Waals surface area contributed by atoms with Crippen molar-refractivity contribution < 1.29 is 13.2 Å². The van der Waals surface area contributed by atoms with Crippen LogP contribution in [0.3, 0.4) is 0 Å². The van der Waals surface area contributed by atoms with Crippen molar-refractivity contribution in [1.29, 1.82) is 5.26 Å².